The van der Waals surface area contributed by atoms with Crippen LogP contribution in [-0.2, 0) is 17.5 Å². The second kappa shape index (κ2) is 9.21. The van der Waals surface area contributed by atoms with Crippen LogP contribution in [0.4, 0.5) is 13.2 Å². The van der Waals surface area contributed by atoms with Crippen LogP contribution in [0.1, 0.15) is 35.5 Å². The SMILES string of the molecule is CC.COC(=O)c1ccc2c(COc3ccc(C(F)(F)F)cc3)nccc2c1. The Balaban J connectivity index is 0.00000136. The van der Waals surface area contributed by atoms with Crippen LogP contribution in [0.25, 0.3) is 10.8 Å². The van der Waals surface area contributed by atoms with Crippen molar-refractivity contribution in [3.05, 3.63) is 71.5 Å². The normalized spacial score (nSPS) is 10.8. The maximum atomic E-state index is 12.6. The van der Waals surface area contributed by atoms with E-state index in [4.69, 9.17) is 9.47 Å². The molecule has 0 amide bonds. The molecular formula is C21H20F3NO3. The highest BCUT2D eigenvalue weighted by Gasteiger charge is 2.30. The minimum Gasteiger partial charge on any atom is -0.487 e. The Kier molecular flexibility index (Phi) is 6.98. The van der Waals surface area contributed by atoms with Crippen molar-refractivity contribution in [2.24, 2.45) is 0 Å². The highest BCUT2D eigenvalue weighted by molar-refractivity contribution is 5.95. The fourth-order valence-electron chi connectivity index (χ4n) is 2.49. The first-order valence-corrected chi connectivity index (χ1v) is 8.64. The van der Waals surface area contributed by atoms with Crippen LogP contribution in [0, 0.1) is 0 Å². The number of rotatable bonds is 4. The minimum atomic E-state index is -4.38. The van der Waals surface area contributed by atoms with Gasteiger partial charge in [0, 0.05) is 11.6 Å². The third kappa shape index (κ3) is 5.00. The topological polar surface area (TPSA) is 48.4 Å². The van der Waals surface area contributed by atoms with Crippen LogP contribution < -0.4 is 4.74 Å². The summed E-state index contributed by atoms with van der Waals surface area (Å²) in [5.41, 5.74) is 0.295. The lowest BCUT2D eigenvalue weighted by molar-refractivity contribution is -0.137. The van der Waals surface area contributed by atoms with Crippen LogP contribution in [-0.4, -0.2) is 18.1 Å². The van der Waals surface area contributed by atoms with E-state index in [1.807, 2.05) is 13.8 Å². The van der Waals surface area contributed by atoms with Gasteiger partial charge in [0.05, 0.1) is 23.9 Å². The molecule has 148 valence electrons. The van der Waals surface area contributed by atoms with Gasteiger partial charge in [-0.15, -0.1) is 0 Å². The van der Waals surface area contributed by atoms with E-state index in [1.54, 1.807) is 30.5 Å². The molecule has 7 heteroatoms. The van der Waals surface area contributed by atoms with Gasteiger partial charge in [-0.25, -0.2) is 4.79 Å². The lowest BCUT2D eigenvalue weighted by Crippen LogP contribution is -2.05. The summed E-state index contributed by atoms with van der Waals surface area (Å²) in [6, 6.07) is 11.3. The average molecular weight is 391 g/mol. The maximum absolute atomic E-state index is 12.6. The second-order valence-corrected chi connectivity index (χ2v) is 5.50. The summed E-state index contributed by atoms with van der Waals surface area (Å²) in [5, 5.41) is 1.57. The number of ether oxygens (including phenoxy) is 2. The number of alkyl halides is 3. The van der Waals surface area contributed by atoms with Gasteiger partial charge in [-0.1, -0.05) is 19.9 Å². The first-order chi connectivity index (χ1) is 13.4. The standard InChI is InChI=1S/C19H14F3NO3.C2H6/c1-25-18(24)13-2-7-16-12(10-13)8-9-23-17(16)11-26-15-5-3-14(4-6-15)19(20,21)22;1-2/h2-10H,11H2,1H3;1-2H3. The molecule has 0 aliphatic rings. The molecule has 0 aliphatic heterocycles. The molecule has 0 fully saturated rings. The van der Waals surface area contributed by atoms with E-state index in [2.05, 4.69) is 4.98 Å². The fourth-order valence-corrected chi connectivity index (χ4v) is 2.49. The molecule has 1 aromatic heterocycles. The summed E-state index contributed by atoms with van der Waals surface area (Å²) < 4.78 is 48.0. The predicted octanol–water partition coefficient (Wildman–Crippen LogP) is 5.65. The lowest BCUT2D eigenvalue weighted by atomic mass is 10.1. The first kappa shape index (κ1) is 21.2. The summed E-state index contributed by atoms with van der Waals surface area (Å²) in [7, 11) is 1.31. The van der Waals surface area contributed by atoms with Crippen molar-refractivity contribution in [3.8, 4) is 5.75 Å². The molecule has 2 aromatic carbocycles. The Morgan fingerprint density at radius 1 is 1.04 bits per heavy atom. The number of aromatic nitrogens is 1. The van der Waals surface area contributed by atoms with Gasteiger partial charge in [0.2, 0.25) is 0 Å². The summed E-state index contributed by atoms with van der Waals surface area (Å²) >= 11 is 0. The quantitative estimate of drug-likeness (QED) is 0.540. The molecule has 0 radical (unpaired) electrons. The molecule has 0 spiro atoms. The summed E-state index contributed by atoms with van der Waals surface area (Å²) in [4.78, 5) is 15.9. The number of benzene rings is 2. The van der Waals surface area contributed by atoms with E-state index >= 15 is 0 Å². The molecule has 3 rings (SSSR count). The first-order valence-electron chi connectivity index (χ1n) is 8.64. The molecule has 3 aromatic rings. The number of pyridine rings is 1. The van der Waals surface area contributed by atoms with Gasteiger partial charge in [-0.05, 0) is 47.9 Å². The van der Waals surface area contributed by atoms with E-state index in [1.165, 1.54) is 19.2 Å². The number of hydrogen-bond donors (Lipinski definition) is 0. The molecule has 0 atom stereocenters. The highest BCUT2D eigenvalue weighted by Crippen LogP contribution is 2.30. The predicted molar refractivity (Wildman–Crippen MR) is 100 cm³/mol. The van der Waals surface area contributed by atoms with Crippen LogP contribution >= 0.6 is 0 Å². The maximum Gasteiger partial charge on any atom is 0.416 e. The molecule has 0 bridgehead atoms. The second-order valence-electron chi connectivity index (χ2n) is 5.50. The van der Waals surface area contributed by atoms with Crippen LogP contribution in [0.5, 0.6) is 5.75 Å². The van der Waals surface area contributed by atoms with E-state index in [0.717, 1.165) is 22.9 Å². The average Bonchev–Trinajstić information content (AvgIpc) is 2.72. The Morgan fingerprint density at radius 2 is 1.71 bits per heavy atom. The van der Waals surface area contributed by atoms with Crippen molar-refractivity contribution in [2.45, 2.75) is 26.6 Å². The van der Waals surface area contributed by atoms with Crippen molar-refractivity contribution < 1.29 is 27.4 Å². The Labute approximate surface area is 160 Å². The number of carbonyl (C=O) groups excluding carboxylic acids is 1. The molecule has 28 heavy (non-hydrogen) atoms. The number of methoxy groups -OCH3 is 1. The van der Waals surface area contributed by atoms with Crippen LogP contribution in [0.2, 0.25) is 0 Å². The van der Waals surface area contributed by atoms with Gasteiger partial charge < -0.3 is 9.47 Å². The zero-order valence-corrected chi connectivity index (χ0v) is 15.7. The third-order valence-electron chi connectivity index (χ3n) is 3.83. The number of halogens is 3. The summed E-state index contributed by atoms with van der Waals surface area (Å²) in [6.07, 6.45) is -2.80. The zero-order valence-electron chi connectivity index (χ0n) is 15.7. The van der Waals surface area contributed by atoms with Gasteiger partial charge in [0.1, 0.15) is 12.4 Å². The Hall–Kier alpha value is -3.09. The molecule has 0 saturated carbocycles. The molecule has 0 aliphatic carbocycles. The fraction of sp³-hybridized carbons (Fsp3) is 0.238. The zero-order chi connectivity index (χ0) is 20.7. The Bertz CT molecular complexity index is 938. The van der Waals surface area contributed by atoms with E-state index in [0.29, 0.717) is 17.0 Å². The van der Waals surface area contributed by atoms with Gasteiger partial charge in [-0.2, -0.15) is 13.2 Å². The smallest absolute Gasteiger partial charge is 0.416 e. The molecule has 4 nitrogen and oxygen atoms in total. The molecule has 0 N–H and O–H groups in total. The van der Waals surface area contributed by atoms with Gasteiger partial charge in [-0.3, -0.25) is 4.98 Å². The van der Waals surface area contributed by atoms with Crippen molar-refractivity contribution in [3.63, 3.8) is 0 Å². The minimum absolute atomic E-state index is 0.0836. The van der Waals surface area contributed by atoms with Crippen molar-refractivity contribution in [2.75, 3.05) is 7.11 Å². The monoisotopic (exact) mass is 391 g/mol. The molecular weight excluding hydrogens is 371 g/mol. The molecule has 0 saturated heterocycles. The van der Waals surface area contributed by atoms with Gasteiger partial charge in [0.25, 0.3) is 0 Å². The largest absolute Gasteiger partial charge is 0.487 e. The number of carbonyl (C=O) groups is 1. The molecule has 0 unspecified atom stereocenters. The lowest BCUT2D eigenvalue weighted by Gasteiger charge is -2.10. The number of esters is 1. The Morgan fingerprint density at radius 3 is 2.32 bits per heavy atom. The number of nitrogens with zero attached hydrogens (tertiary/aromatic N) is 1. The van der Waals surface area contributed by atoms with E-state index in [9.17, 15) is 18.0 Å². The number of hydrogen-bond acceptors (Lipinski definition) is 4. The van der Waals surface area contributed by atoms with Crippen molar-refractivity contribution >= 4 is 16.7 Å². The van der Waals surface area contributed by atoms with Gasteiger partial charge in [0.15, 0.2) is 0 Å². The van der Waals surface area contributed by atoms with Crippen LogP contribution in [0.15, 0.2) is 54.7 Å². The van der Waals surface area contributed by atoms with Gasteiger partial charge >= 0.3 is 12.1 Å². The molecule has 1 heterocycles. The summed E-state index contributed by atoms with van der Waals surface area (Å²) in [6.45, 7) is 4.08. The van der Waals surface area contributed by atoms with E-state index in [-0.39, 0.29) is 6.61 Å². The third-order valence-corrected chi connectivity index (χ3v) is 3.83. The highest BCUT2D eigenvalue weighted by atomic mass is 19.4. The van der Waals surface area contributed by atoms with Crippen molar-refractivity contribution in [1.29, 1.82) is 0 Å². The number of fused-ring (bicyclic) bond motifs is 1. The van der Waals surface area contributed by atoms with E-state index < -0.39 is 17.7 Å². The van der Waals surface area contributed by atoms with Crippen LogP contribution in [0.3, 0.4) is 0 Å². The van der Waals surface area contributed by atoms with Crippen molar-refractivity contribution in [1.82, 2.24) is 4.98 Å². The summed E-state index contributed by atoms with van der Waals surface area (Å²) in [5.74, 6) is -0.130.